The van der Waals surface area contributed by atoms with Crippen LogP contribution < -0.4 is 10.5 Å². The quantitative estimate of drug-likeness (QED) is 0.671. The maximum Gasteiger partial charge on any atom is 0.308 e. The van der Waals surface area contributed by atoms with E-state index in [4.69, 9.17) is 15.2 Å². The smallest absolute Gasteiger partial charge is 0.308 e. The van der Waals surface area contributed by atoms with Crippen LogP contribution in [-0.4, -0.2) is 44.1 Å². The van der Waals surface area contributed by atoms with Crippen molar-refractivity contribution in [2.45, 2.75) is 12.8 Å². The van der Waals surface area contributed by atoms with Crippen LogP contribution in [0.2, 0.25) is 0 Å². The molecule has 0 bridgehead atoms. The number of likely N-dealkylation sites (tertiary alicyclic amines) is 1. The maximum atomic E-state index is 12.6. The van der Waals surface area contributed by atoms with E-state index < -0.39 is 0 Å². The van der Waals surface area contributed by atoms with Crippen LogP contribution in [0.3, 0.4) is 0 Å². The van der Waals surface area contributed by atoms with Gasteiger partial charge in [0.25, 0.3) is 5.91 Å². The molecular weight excluding hydrogens is 272 g/mol. The van der Waals surface area contributed by atoms with Gasteiger partial charge in [-0.25, -0.2) is 0 Å². The standard InChI is InChI=1S/C15H20N2O4/c1-20-13-4-3-11(16)9-12(13)14(18)17-7-5-10(6-8-17)15(19)21-2/h3-4,9-10H,5-8,16H2,1-2H3. The summed E-state index contributed by atoms with van der Waals surface area (Å²) >= 11 is 0. The first kappa shape index (κ1) is 15.2. The highest BCUT2D eigenvalue weighted by molar-refractivity contribution is 5.98. The number of hydrogen-bond acceptors (Lipinski definition) is 5. The van der Waals surface area contributed by atoms with E-state index in [-0.39, 0.29) is 17.8 Å². The minimum atomic E-state index is -0.205. The number of ether oxygens (including phenoxy) is 2. The van der Waals surface area contributed by atoms with E-state index in [2.05, 4.69) is 0 Å². The van der Waals surface area contributed by atoms with Crippen molar-refractivity contribution in [2.24, 2.45) is 5.92 Å². The molecule has 6 heteroatoms. The third kappa shape index (κ3) is 3.26. The molecule has 1 heterocycles. The summed E-state index contributed by atoms with van der Waals surface area (Å²) in [6.07, 6.45) is 1.23. The summed E-state index contributed by atoms with van der Waals surface area (Å²) in [6.45, 7) is 1.05. The summed E-state index contributed by atoms with van der Waals surface area (Å²) in [7, 11) is 2.91. The molecule has 0 unspecified atom stereocenters. The third-order valence-corrected chi connectivity index (χ3v) is 3.77. The molecule has 2 rings (SSSR count). The minimum Gasteiger partial charge on any atom is -0.496 e. The Hall–Kier alpha value is -2.24. The Kier molecular flexibility index (Phi) is 4.67. The van der Waals surface area contributed by atoms with E-state index >= 15 is 0 Å². The largest absolute Gasteiger partial charge is 0.496 e. The van der Waals surface area contributed by atoms with Crippen LogP contribution >= 0.6 is 0 Å². The van der Waals surface area contributed by atoms with Crippen molar-refractivity contribution >= 4 is 17.6 Å². The fourth-order valence-corrected chi connectivity index (χ4v) is 2.55. The number of methoxy groups -OCH3 is 2. The van der Waals surface area contributed by atoms with E-state index in [0.29, 0.717) is 42.9 Å². The molecule has 1 fully saturated rings. The molecule has 0 aliphatic carbocycles. The molecular formula is C15H20N2O4. The Morgan fingerprint density at radius 1 is 1.24 bits per heavy atom. The van der Waals surface area contributed by atoms with Crippen LogP contribution in [0.25, 0.3) is 0 Å². The Labute approximate surface area is 123 Å². The summed E-state index contributed by atoms with van der Waals surface area (Å²) in [5.41, 5.74) is 6.71. The van der Waals surface area contributed by atoms with Crippen LogP contribution in [0.1, 0.15) is 23.2 Å². The molecule has 0 radical (unpaired) electrons. The Bertz CT molecular complexity index is 536. The zero-order chi connectivity index (χ0) is 15.4. The molecule has 0 spiro atoms. The molecule has 114 valence electrons. The van der Waals surface area contributed by atoms with E-state index in [1.165, 1.54) is 14.2 Å². The number of nitrogens with two attached hydrogens (primary N) is 1. The number of hydrogen-bond donors (Lipinski definition) is 1. The number of rotatable bonds is 3. The van der Waals surface area contributed by atoms with Crippen LogP contribution in [0, 0.1) is 5.92 Å². The Morgan fingerprint density at radius 3 is 2.48 bits per heavy atom. The number of nitrogens with zero attached hydrogens (tertiary/aromatic N) is 1. The second-order valence-electron chi connectivity index (χ2n) is 5.05. The number of nitrogen functional groups attached to an aromatic ring is 1. The minimum absolute atomic E-state index is 0.123. The molecule has 0 aromatic heterocycles. The fourth-order valence-electron chi connectivity index (χ4n) is 2.55. The number of amides is 1. The van der Waals surface area contributed by atoms with Gasteiger partial charge >= 0.3 is 5.97 Å². The molecule has 0 saturated carbocycles. The second-order valence-corrected chi connectivity index (χ2v) is 5.05. The van der Waals surface area contributed by atoms with Crippen LogP contribution in [0.4, 0.5) is 5.69 Å². The third-order valence-electron chi connectivity index (χ3n) is 3.77. The Balaban J connectivity index is 2.09. The molecule has 6 nitrogen and oxygen atoms in total. The predicted molar refractivity (Wildman–Crippen MR) is 78.0 cm³/mol. The summed E-state index contributed by atoms with van der Waals surface area (Å²) < 4.78 is 9.96. The van der Waals surface area contributed by atoms with Gasteiger partial charge in [-0.15, -0.1) is 0 Å². The summed E-state index contributed by atoms with van der Waals surface area (Å²) in [6, 6.07) is 5.00. The van der Waals surface area contributed by atoms with Gasteiger partial charge in [-0.1, -0.05) is 0 Å². The highest BCUT2D eigenvalue weighted by atomic mass is 16.5. The fraction of sp³-hybridized carbons (Fsp3) is 0.467. The number of anilines is 1. The number of carbonyl (C=O) groups excluding carboxylic acids is 2. The number of esters is 1. The Morgan fingerprint density at radius 2 is 1.90 bits per heavy atom. The molecule has 1 amide bonds. The van der Waals surface area contributed by atoms with E-state index in [1.54, 1.807) is 23.1 Å². The molecule has 1 aromatic rings. The van der Waals surface area contributed by atoms with Crippen molar-refractivity contribution in [3.05, 3.63) is 23.8 Å². The zero-order valence-corrected chi connectivity index (χ0v) is 12.3. The van der Waals surface area contributed by atoms with Crippen molar-refractivity contribution in [3.63, 3.8) is 0 Å². The van der Waals surface area contributed by atoms with Crippen LogP contribution in [0.5, 0.6) is 5.75 Å². The molecule has 21 heavy (non-hydrogen) atoms. The van der Waals surface area contributed by atoms with Gasteiger partial charge in [-0.05, 0) is 31.0 Å². The summed E-state index contributed by atoms with van der Waals surface area (Å²) in [5, 5.41) is 0. The van der Waals surface area contributed by atoms with Gasteiger partial charge in [0.2, 0.25) is 0 Å². The second kappa shape index (κ2) is 6.47. The maximum absolute atomic E-state index is 12.6. The SMILES string of the molecule is COC(=O)C1CCN(C(=O)c2cc(N)ccc2OC)CC1. The van der Waals surface area contributed by atoms with Crippen molar-refractivity contribution < 1.29 is 19.1 Å². The van der Waals surface area contributed by atoms with Crippen molar-refractivity contribution in [3.8, 4) is 5.75 Å². The molecule has 0 atom stereocenters. The van der Waals surface area contributed by atoms with E-state index in [9.17, 15) is 9.59 Å². The van der Waals surface area contributed by atoms with Gasteiger partial charge in [-0.2, -0.15) is 0 Å². The van der Waals surface area contributed by atoms with E-state index in [1.807, 2.05) is 0 Å². The van der Waals surface area contributed by atoms with Gasteiger partial charge in [0, 0.05) is 18.8 Å². The number of benzene rings is 1. The van der Waals surface area contributed by atoms with Crippen LogP contribution in [-0.2, 0) is 9.53 Å². The average molecular weight is 292 g/mol. The first-order valence-electron chi connectivity index (χ1n) is 6.87. The van der Waals surface area contributed by atoms with Gasteiger partial charge in [0.15, 0.2) is 0 Å². The lowest BCUT2D eigenvalue weighted by Crippen LogP contribution is -2.40. The lowest BCUT2D eigenvalue weighted by atomic mass is 9.96. The molecule has 1 aromatic carbocycles. The van der Waals surface area contributed by atoms with Crippen LogP contribution in [0.15, 0.2) is 18.2 Å². The predicted octanol–water partition coefficient (Wildman–Crippen LogP) is 1.30. The van der Waals surface area contributed by atoms with Gasteiger partial charge in [0.1, 0.15) is 5.75 Å². The zero-order valence-electron chi connectivity index (χ0n) is 12.3. The lowest BCUT2D eigenvalue weighted by molar-refractivity contribution is -0.146. The summed E-state index contributed by atoms with van der Waals surface area (Å²) in [5.74, 6) is 0.0529. The molecule has 1 aliphatic heterocycles. The van der Waals surface area contributed by atoms with Gasteiger partial charge < -0.3 is 20.1 Å². The summed E-state index contributed by atoms with van der Waals surface area (Å²) in [4.78, 5) is 25.8. The first-order valence-corrected chi connectivity index (χ1v) is 6.87. The lowest BCUT2D eigenvalue weighted by Gasteiger charge is -2.31. The molecule has 2 N–H and O–H groups in total. The average Bonchev–Trinajstić information content (AvgIpc) is 2.53. The normalized spacial score (nSPS) is 15.6. The van der Waals surface area contributed by atoms with Crippen molar-refractivity contribution in [2.75, 3.05) is 33.0 Å². The highest BCUT2D eigenvalue weighted by Crippen LogP contribution is 2.25. The van der Waals surface area contributed by atoms with Crippen molar-refractivity contribution in [1.82, 2.24) is 4.90 Å². The van der Waals surface area contributed by atoms with Crippen molar-refractivity contribution in [1.29, 1.82) is 0 Å². The molecule has 1 aliphatic rings. The van der Waals surface area contributed by atoms with E-state index in [0.717, 1.165) is 0 Å². The number of carbonyl (C=O) groups is 2. The topological polar surface area (TPSA) is 81.9 Å². The monoisotopic (exact) mass is 292 g/mol. The number of piperidine rings is 1. The highest BCUT2D eigenvalue weighted by Gasteiger charge is 2.29. The first-order chi connectivity index (χ1) is 10.1. The van der Waals surface area contributed by atoms with Gasteiger partial charge in [-0.3, -0.25) is 9.59 Å². The molecule has 1 saturated heterocycles. The van der Waals surface area contributed by atoms with Gasteiger partial charge in [0.05, 0.1) is 25.7 Å².